The van der Waals surface area contributed by atoms with Crippen LogP contribution in [0.25, 0.3) is 0 Å². The van der Waals surface area contributed by atoms with Crippen molar-refractivity contribution in [2.45, 2.75) is 30.7 Å². The smallest absolute Gasteiger partial charge is 0.234 e. The molecule has 9 nitrogen and oxygen atoms in total. The van der Waals surface area contributed by atoms with E-state index in [-0.39, 0.29) is 59.0 Å². The number of phenolic OH excluding ortho intramolecular Hbond substituents is 3. The SMILES string of the molecule is COc1cc(C2C3=C([C@@H]4CC(=O)c5c(O)cc(O)cc5O4)CC4C2CO[C@@]4(O)C3=O)ccc1O. The fraction of sp³-hybridized carbons (Fsp3) is 0.360. The summed E-state index contributed by atoms with van der Waals surface area (Å²) in [5.41, 5.74) is 1.65. The van der Waals surface area contributed by atoms with Gasteiger partial charge in [0.25, 0.3) is 0 Å². The van der Waals surface area contributed by atoms with Crippen molar-refractivity contribution in [2.24, 2.45) is 11.8 Å². The van der Waals surface area contributed by atoms with Gasteiger partial charge >= 0.3 is 0 Å². The number of fused-ring (bicyclic) bond motifs is 2. The lowest BCUT2D eigenvalue weighted by Gasteiger charge is -2.47. The normalized spacial score (nSPS) is 31.5. The molecule has 5 aliphatic rings. The van der Waals surface area contributed by atoms with Crippen LogP contribution in [0.5, 0.6) is 28.7 Å². The molecule has 5 atom stereocenters. The number of rotatable bonds is 3. The third kappa shape index (κ3) is 2.68. The van der Waals surface area contributed by atoms with Crippen molar-refractivity contribution in [1.29, 1.82) is 0 Å². The zero-order valence-electron chi connectivity index (χ0n) is 18.1. The molecule has 7 rings (SSSR count). The van der Waals surface area contributed by atoms with Crippen LogP contribution in [0.4, 0.5) is 0 Å². The van der Waals surface area contributed by atoms with Crippen LogP contribution in [0, 0.1) is 11.8 Å². The first-order valence-corrected chi connectivity index (χ1v) is 11.0. The minimum Gasteiger partial charge on any atom is -0.508 e. The van der Waals surface area contributed by atoms with Gasteiger partial charge in [-0.05, 0) is 29.7 Å². The van der Waals surface area contributed by atoms with Crippen molar-refractivity contribution in [3.63, 3.8) is 0 Å². The molecule has 2 fully saturated rings. The third-order valence-electron chi connectivity index (χ3n) is 7.55. The molecule has 0 amide bonds. The van der Waals surface area contributed by atoms with Gasteiger partial charge in [-0.15, -0.1) is 0 Å². The molecule has 1 saturated carbocycles. The molecule has 2 aromatic rings. The van der Waals surface area contributed by atoms with Crippen LogP contribution >= 0.6 is 0 Å². The Morgan fingerprint density at radius 3 is 2.62 bits per heavy atom. The Kier molecular flexibility index (Phi) is 4.31. The predicted molar refractivity (Wildman–Crippen MR) is 115 cm³/mol. The maximum absolute atomic E-state index is 13.5. The maximum Gasteiger partial charge on any atom is 0.234 e. The molecule has 1 saturated heterocycles. The number of ether oxygens (including phenoxy) is 3. The summed E-state index contributed by atoms with van der Waals surface area (Å²) in [6, 6.07) is 7.19. The van der Waals surface area contributed by atoms with E-state index in [0.29, 0.717) is 17.6 Å². The van der Waals surface area contributed by atoms with E-state index < -0.39 is 29.5 Å². The zero-order chi connectivity index (χ0) is 23.9. The zero-order valence-corrected chi connectivity index (χ0v) is 18.1. The van der Waals surface area contributed by atoms with Crippen molar-refractivity contribution >= 4 is 11.6 Å². The Bertz CT molecular complexity index is 1300. The number of aromatic hydroxyl groups is 3. The lowest BCUT2D eigenvalue weighted by atomic mass is 9.57. The number of phenols is 3. The van der Waals surface area contributed by atoms with Gasteiger partial charge in [-0.3, -0.25) is 9.59 Å². The van der Waals surface area contributed by atoms with Crippen LogP contribution in [0.1, 0.15) is 34.7 Å². The number of benzene rings is 2. The third-order valence-corrected chi connectivity index (χ3v) is 7.55. The summed E-state index contributed by atoms with van der Waals surface area (Å²) in [6.45, 7) is 0.187. The van der Waals surface area contributed by atoms with E-state index in [1.54, 1.807) is 12.1 Å². The Labute approximate surface area is 193 Å². The van der Waals surface area contributed by atoms with E-state index in [1.807, 2.05) is 0 Å². The van der Waals surface area contributed by atoms with E-state index in [4.69, 9.17) is 14.2 Å². The Hall–Kier alpha value is -3.56. The first-order valence-electron chi connectivity index (χ1n) is 11.0. The molecule has 2 aromatic carbocycles. The van der Waals surface area contributed by atoms with Crippen LogP contribution in [-0.2, 0) is 9.53 Å². The van der Waals surface area contributed by atoms with Gasteiger partial charge in [-0.2, -0.15) is 0 Å². The van der Waals surface area contributed by atoms with Crippen molar-refractivity contribution < 1.29 is 44.2 Å². The number of hydrogen-bond acceptors (Lipinski definition) is 9. The summed E-state index contributed by atoms with van der Waals surface area (Å²) in [6.07, 6.45) is -0.584. The molecule has 3 aliphatic carbocycles. The topological polar surface area (TPSA) is 143 Å². The van der Waals surface area contributed by atoms with Crippen molar-refractivity contribution in [3.05, 3.63) is 52.6 Å². The molecule has 4 N–H and O–H groups in total. The quantitative estimate of drug-likeness (QED) is 0.535. The second-order valence-electron chi connectivity index (χ2n) is 9.23. The standard InChI is InChI=1S/C25H22O9/c1-32-19-4-10(2-3-15(19)27)21-13-9-33-25(31)14(13)7-12(22(21)24(25)30)18-8-17(29)23-16(28)5-11(26)6-20(23)34-18/h2-6,13-14,18,21,26-28,31H,7-9H2,1H3/t13?,14?,18-,21?,25+/m0/s1. The molecule has 3 unspecified atom stereocenters. The molecule has 9 heteroatoms. The van der Waals surface area contributed by atoms with Gasteiger partial charge in [0.15, 0.2) is 17.3 Å². The summed E-state index contributed by atoms with van der Waals surface area (Å²) in [4.78, 5) is 26.4. The van der Waals surface area contributed by atoms with Crippen molar-refractivity contribution in [2.75, 3.05) is 13.7 Å². The Morgan fingerprint density at radius 1 is 1.06 bits per heavy atom. The van der Waals surface area contributed by atoms with Gasteiger partial charge in [0.2, 0.25) is 11.6 Å². The average molecular weight is 466 g/mol. The van der Waals surface area contributed by atoms with Gasteiger partial charge in [0, 0.05) is 35.5 Å². The Morgan fingerprint density at radius 2 is 1.85 bits per heavy atom. The van der Waals surface area contributed by atoms with Crippen LogP contribution in [0.15, 0.2) is 41.5 Å². The summed E-state index contributed by atoms with van der Waals surface area (Å²) in [5.74, 6) is -4.35. The van der Waals surface area contributed by atoms with Gasteiger partial charge in [0.05, 0.1) is 20.1 Å². The molecule has 0 spiro atoms. The van der Waals surface area contributed by atoms with Crippen molar-refractivity contribution in [1.82, 2.24) is 0 Å². The number of Topliss-reactive ketones (excluding diaryl/α,β-unsaturated/α-hetero) is 2. The molecule has 34 heavy (non-hydrogen) atoms. The predicted octanol–water partition coefficient (Wildman–Crippen LogP) is 2.16. The van der Waals surface area contributed by atoms with Crippen molar-refractivity contribution in [3.8, 4) is 28.7 Å². The molecular formula is C25H22O9. The number of methoxy groups -OCH3 is 1. The summed E-state index contributed by atoms with van der Waals surface area (Å²) in [7, 11) is 1.43. The highest BCUT2D eigenvalue weighted by Crippen LogP contribution is 2.60. The van der Waals surface area contributed by atoms with E-state index in [1.165, 1.54) is 19.2 Å². The molecule has 2 heterocycles. The highest BCUT2D eigenvalue weighted by molar-refractivity contribution is 6.07. The lowest BCUT2D eigenvalue weighted by Crippen LogP contribution is -2.56. The maximum atomic E-state index is 13.5. The number of carbonyl (C=O) groups is 2. The summed E-state index contributed by atoms with van der Waals surface area (Å²) in [5, 5.41) is 41.1. The first-order chi connectivity index (χ1) is 16.2. The number of aliphatic hydroxyl groups is 1. The number of hydrogen-bond donors (Lipinski definition) is 4. The van der Waals surface area contributed by atoms with E-state index >= 15 is 0 Å². The molecule has 0 aromatic heterocycles. The van der Waals surface area contributed by atoms with E-state index in [2.05, 4.69) is 0 Å². The van der Waals surface area contributed by atoms with Gasteiger partial charge < -0.3 is 34.6 Å². The average Bonchev–Trinajstić information content (AvgIpc) is 3.10. The van der Waals surface area contributed by atoms with Crippen LogP contribution in [-0.4, -0.2) is 57.6 Å². The van der Waals surface area contributed by atoms with Crippen LogP contribution in [0.3, 0.4) is 0 Å². The fourth-order valence-corrected chi connectivity index (χ4v) is 6.06. The van der Waals surface area contributed by atoms with Crippen LogP contribution in [0.2, 0.25) is 0 Å². The molecule has 2 aliphatic heterocycles. The van der Waals surface area contributed by atoms with E-state index in [0.717, 1.165) is 11.6 Å². The molecular weight excluding hydrogens is 444 g/mol. The Balaban J connectivity index is 1.49. The lowest BCUT2D eigenvalue weighted by molar-refractivity contribution is -0.201. The second kappa shape index (κ2) is 6.97. The minimum absolute atomic E-state index is 0.00574. The largest absolute Gasteiger partial charge is 0.508 e. The summed E-state index contributed by atoms with van der Waals surface area (Å²) < 4.78 is 16.9. The monoisotopic (exact) mass is 466 g/mol. The van der Waals surface area contributed by atoms with Gasteiger partial charge in [-0.25, -0.2) is 0 Å². The molecule has 4 bridgehead atoms. The molecule has 0 radical (unpaired) electrons. The highest BCUT2D eigenvalue weighted by Gasteiger charge is 2.66. The molecule has 176 valence electrons. The van der Waals surface area contributed by atoms with Crippen LogP contribution < -0.4 is 9.47 Å². The second-order valence-corrected chi connectivity index (χ2v) is 9.23. The van der Waals surface area contributed by atoms with Gasteiger partial charge in [-0.1, -0.05) is 6.07 Å². The number of carbonyl (C=O) groups excluding carboxylic acids is 2. The van der Waals surface area contributed by atoms with E-state index in [9.17, 15) is 30.0 Å². The fourth-order valence-electron chi connectivity index (χ4n) is 6.06. The minimum atomic E-state index is -1.91. The first kappa shape index (κ1) is 21.0. The van der Waals surface area contributed by atoms with Gasteiger partial charge in [0.1, 0.15) is 28.9 Å². The number of ketones is 2. The summed E-state index contributed by atoms with van der Waals surface area (Å²) >= 11 is 0. The highest BCUT2D eigenvalue weighted by atomic mass is 16.6.